The van der Waals surface area contributed by atoms with Crippen molar-refractivity contribution in [1.29, 1.82) is 0 Å². The lowest BCUT2D eigenvalue weighted by molar-refractivity contribution is -0.147. The maximum atomic E-state index is 10.6. The molecule has 0 saturated heterocycles. The molecule has 0 radical (unpaired) electrons. The molecular weight excluding hydrogens is 316 g/mol. The van der Waals surface area contributed by atoms with Gasteiger partial charge in [-0.3, -0.25) is 0 Å². The van der Waals surface area contributed by atoms with E-state index in [0.29, 0.717) is 0 Å². The zero-order chi connectivity index (χ0) is 18.8. The molecule has 0 amide bonds. The summed E-state index contributed by atoms with van der Waals surface area (Å²) in [6.45, 7) is 2.22. The van der Waals surface area contributed by atoms with Crippen LogP contribution < -0.4 is 0 Å². The van der Waals surface area contributed by atoms with Crippen molar-refractivity contribution in [2.45, 2.75) is 116 Å². The van der Waals surface area contributed by atoms with Crippen LogP contribution in [0.15, 0.2) is 0 Å². The predicted molar refractivity (Wildman–Crippen MR) is 104 cm³/mol. The maximum absolute atomic E-state index is 10.6. The molecule has 0 spiro atoms. The minimum atomic E-state index is -1.34. The molecule has 0 aliphatic heterocycles. The number of aliphatic hydroxyl groups excluding tert-OH is 2. The summed E-state index contributed by atoms with van der Waals surface area (Å²) in [5.41, 5.74) is 0. The minimum Gasteiger partial charge on any atom is -0.479 e. The lowest BCUT2D eigenvalue weighted by atomic mass is 9.95. The molecule has 2 unspecified atom stereocenters. The molecule has 4 nitrogen and oxygen atoms in total. The molecule has 150 valence electrons. The van der Waals surface area contributed by atoms with Gasteiger partial charge in [0.05, 0.1) is 0 Å². The molecule has 0 saturated carbocycles. The predicted octanol–water partition coefficient (Wildman–Crippen LogP) is 5.30. The molecule has 0 aromatic heterocycles. The first kappa shape index (κ1) is 24.4. The molecule has 0 aliphatic rings. The highest BCUT2D eigenvalue weighted by molar-refractivity contribution is 5.71. The summed E-state index contributed by atoms with van der Waals surface area (Å²) in [6, 6.07) is 0. The Kier molecular flexibility index (Phi) is 17.7. The molecule has 25 heavy (non-hydrogen) atoms. The third kappa shape index (κ3) is 16.6. The first-order valence-corrected chi connectivity index (χ1v) is 10.6. The summed E-state index contributed by atoms with van der Waals surface area (Å²) in [7, 11) is 0. The zero-order valence-electron chi connectivity index (χ0n) is 16.4. The Morgan fingerprint density at radius 2 is 1.16 bits per heavy atom. The summed E-state index contributed by atoms with van der Waals surface area (Å²) in [5, 5.41) is 27.3. The second-order valence-corrected chi connectivity index (χ2v) is 7.52. The summed E-state index contributed by atoms with van der Waals surface area (Å²) >= 11 is 0. The Labute approximate surface area is 155 Å². The van der Waals surface area contributed by atoms with E-state index in [4.69, 9.17) is 5.11 Å². The fraction of sp³-hybridized carbons (Fsp3) is 0.952. The fourth-order valence-electron chi connectivity index (χ4n) is 3.33. The maximum Gasteiger partial charge on any atom is 0.332 e. The SMILES string of the molecule is CCCCCCCCCCCCCCCCC(CO)CC(O)C(=O)O. The van der Waals surface area contributed by atoms with E-state index < -0.39 is 12.1 Å². The third-order valence-corrected chi connectivity index (χ3v) is 5.07. The van der Waals surface area contributed by atoms with Gasteiger partial charge >= 0.3 is 5.97 Å². The van der Waals surface area contributed by atoms with Crippen molar-refractivity contribution in [3.05, 3.63) is 0 Å². The first-order chi connectivity index (χ1) is 12.1. The van der Waals surface area contributed by atoms with Crippen molar-refractivity contribution in [2.75, 3.05) is 6.61 Å². The Balaban J connectivity index is 3.31. The molecule has 2 atom stereocenters. The monoisotopic (exact) mass is 358 g/mol. The van der Waals surface area contributed by atoms with Crippen LogP contribution in [0.3, 0.4) is 0 Å². The van der Waals surface area contributed by atoms with E-state index in [0.717, 1.165) is 19.3 Å². The van der Waals surface area contributed by atoms with Crippen molar-refractivity contribution < 1.29 is 20.1 Å². The Morgan fingerprint density at radius 1 is 0.760 bits per heavy atom. The number of hydrogen-bond acceptors (Lipinski definition) is 3. The number of hydrogen-bond donors (Lipinski definition) is 3. The van der Waals surface area contributed by atoms with Crippen LogP contribution in [0.5, 0.6) is 0 Å². The summed E-state index contributed by atoms with van der Waals surface area (Å²) in [5.74, 6) is -1.29. The van der Waals surface area contributed by atoms with Crippen LogP contribution in [-0.2, 0) is 4.79 Å². The van der Waals surface area contributed by atoms with Gasteiger partial charge in [0, 0.05) is 6.61 Å². The smallest absolute Gasteiger partial charge is 0.332 e. The van der Waals surface area contributed by atoms with Crippen molar-refractivity contribution in [3.63, 3.8) is 0 Å². The highest BCUT2D eigenvalue weighted by atomic mass is 16.4. The largest absolute Gasteiger partial charge is 0.479 e. The molecule has 0 bridgehead atoms. The molecule has 4 heteroatoms. The van der Waals surface area contributed by atoms with E-state index in [-0.39, 0.29) is 18.9 Å². The molecule has 0 aromatic rings. The standard InChI is InChI=1S/C21H42O4/c1-2-3-4-5-6-7-8-9-10-11-12-13-14-15-16-19(18-22)17-20(23)21(24)25/h19-20,22-23H,2-18H2,1H3,(H,24,25). The zero-order valence-corrected chi connectivity index (χ0v) is 16.4. The molecule has 0 heterocycles. The van der Waals surface area contributed by atoms with Gasteiger partial charge in [-0.25, -0.2) is 4.79 Å². The molecule has 0 aliphatic carbocycles. The number of carboxylic acid groups (broad SMARTS) is 1. The first-order valence-electron chi connectivity index (χ1n) is 10.6. The van der Waals surface area contributed by atoms with Crippen LogP contribution in [0, 0.1) is 5.92 Å². The van der Waals surface area contributed by atoms with Crippen LogP contribution in [-0.4, -0.2) is 34.0 Å². The van der Waals surface area contributed by atoms with Gasteiger partial charge in [-0.15, -0.1) is 0 Å². The Bertz CT molecular complexity index is 294. The number of carbonyl (C=O) groups is 1. The van der Waals surface area contributed by atoms with Crippen LogP contribution in [0.25, 0.3) is 0 Å². The number of aliphatic hydroxyl groups is 2. The van der Waals surface area contributed by atoms with E-state index in [1.165, 1.54) is 77.0 Å². The summed E-state index contributed by atoms with van der Waals surface area (Å²) < 4.78 is 0. The van der Waals surface area contributed by atoms with Crippen molar-refractivity contribution in [3.8, 4) is 0 Å². The number of unbranched alkanes of at least 4 members (excludes halogenated alkanes) is 13. The third-order valence-electron chi connectivity index (χ3n) is 5.07. The van der Waals surface area contributed by atoms with Crippen molar-refractivity contribution in [1.82, 2.24) is 0 Å². The van der Waals surface area contributed by atoms with E-state index in [2.05, 4.69) is 6.92 Å². The average Bonchev–Trinajstić information content (AvgIpc) is 2.60. The lowest BCUT2D eigenvalue weighted by Crippen LogP contribution is -2.24. The average molecular weight is 359 g/mol. The van der Waals surface area contributed by atoms with E-state index >= 15 is 0 Å². The van der Waals surface area contributed by atoms with Gasteiger partial charge in [-0.05, 0) is 18.8 Å². The van der Waals surface area contributed by atoms with Gasteiger partial charge in [0.1, 0.15) is 0 Å². The molecule has 0 rings (SSSR count). The van der Waals surface area contributed by atoms with E-state index in [1.807, 2.05) is 0 Å². The topological polar surface area (TPSA) is 77.8 Å². The Morgan fingerprint density at radius 3 is 1.52 bits per heavy atom. The number of rotatable bonds is 19. The molecule has 0 aromatic carbocycles. The van der Waals surface area contributed by atoms with Gasteiger partial charge < -0.3 is 15.3 Å². The number of aliphatic carboxylic acids is 1. The van der Waals surface area contributed by atoms with Gasteiger partial charge in [-0.2, -0.15) is 0 Å². The van der Waals surface area contributed by atoms with Gasteiger partial charge in [0.25, 0.3) is 0 Å². The van der Waals surface area contributed by atoms with Crippen LogP contribution >= 0.6 is 0 Å². The van der Waals surface area contributed by atoms with Crippen LogP contribution in [0.2, 0.25) is 0 Å². The molecule has 0 fully saturated rings. The normalized spacial score (nSPS) is 13.7. The van der Waals surface area contributed by atoms with E-state index in [1.54, 1.807) is 0 Å². The minimum absolute atomic E-state index is 0.0389. The fourth-order valence-corrected chi connectivity index (χ4v) is 3.33. The second-order valence-electron chi connectivity index (χ2n) is 7.52. The van der Waals surface area contributed by atoms with Gasteiger partial charge in [0.2, 0.25) is 0 Å². The van der Waals surface area contributed by atoms with Crippen molar-refractivity contribution in [2.24, 2.45) is 5.92 Å². The summed E-state index contributed by atoms with van der Waals surface area (Å²) in [6.07, 6.45) is 18.0. The lowest BCUT2D eigenvalue weighted by Gasteiger charge is -2.15. The van der Waals surface area contributed by atoms with E-state index in [9.17, 15) is 15.0 Å². The number of carboxylic acids is 1. The molecule has 3 N–H and O–H groups in total. The molecular formula is C21H42O4. The van der Waals surface area contributed by atoms with Crippen molar-refractivity contribution >= 4 is 5.97 Å². The Hall–Kier alpha value is -0.610. The highest BCUT2D eigenvalue weighted by Gasteiger charge is 2.19. The van der Waals surface area contributed by atoms with Crippen LogP contribution in [0.4, 0.5) is 0 Å². The quantitative estimate of drug-likeness (QED) is 0.274. The van der Waals surface area contributed by atoms with Gasteiger partial charge in [0.15, 0.2) is 6.10 Å². The second kappa shape index (κ2) is 18.2. The van der Waals surface area contributed by atoms with Gasteiger partial charge in [-0.1, -0.05) is 96.8 Å². The van der Waals surface area contributed by atoms with Crippen LogP contribution in [0.1, 0.15) is 110 Å². The summed E-state index contributed by atoms with van der Waals surface area (Å²) in [4.78, 5) is 10.6. The highest BCUT2D eigenvalue weighted by Crippen LogP contribution is 2.17.